The summed E-state index contributed by atoms with van der Waals surface area (Å²) in [5, 5.41) is 5.24. The van der Waals surface area contributed by atoms with Crippen LogP contribution in [0.4, 0.5) is 10.1 Å². The lowest BCUT2D eigenvalue weighted by molar-refractivity contribution is -0.123. The van der Waals surface area contributed by atoms with Gasteiger partial charge in [0.25, 0.3) is 0 Å². The average Bonchev–Trinajstić information content (AvgIpc) is 3.02. The van der Waals surface area contributed by atoms with Gasteiger partial charge in [-0.15, -0.1) is 0 Å². The quantitative estimate of drug-likeness (QED) is 0.701. The highest BCUT2D eigenvalue weighted by Crippen LogP contribution is 2.22. The zero-order chi connectivity index (χ0) is 19.2. The molecule has 3 rings (SSSR count). The average molecular weight is 367 g/mol. The summed E-state index contributed by atoms with van der Waals surface area (Å²) in [6.07, 6.45) is -0.0187. The first-order chi connectivity index (χ1) is 13.0. The van der Waals surface area contributed by atoms with E-state index in [9.17, 15) is 14.0 Å². The third-order valence-corrected chi connectivity index (χ3v) is 3.82. The number of para-hydroxylation sites is 1. The highest BCUT2D eigenvalue weighted by molar-refractivity contribution is 5.94. The fourth-order valence-corrected chi connectivity index (χ4v) is 2.43. The minimum atomic E-state index is -0.351. The van der Waals surface area contributed by atoms with Crippen molar-refractivity contribution in [2.24, 2.45) is 0 Å². The molecule has 0 radical (unpaired) electrons. The van der Waals surface area contributed by atoms with E-state index < -0.39 is 0 Å². The van der Waals surface area contributed by atoms with Crippen LogP contribution in [0.1, 0.15) is 11.5 Å². The molecule has 2 N–H and O–H groups in total. The van der Waals surface area contributed by atoms with E-state index in [4.69, 9.17) is 4.42 Å². The van der Waals surface area contributed by atoms with Gasteiger partial charge >= 0.3 is 0 Å². The van der Waals surface area contributed by atoms with Crippen molar-refractivity contribution in [1.29, 1.82) is 0 Å². The maximum Gasteiger partial charge on any atom is 0.243 e. The number of carbonyl (C=O) groups is 2. The van der Waals surface area contributed by atoms with Crippen LogP contribution < -0.4 is 10.6 Å². The van der Waals surface area contributed by atoms with E-state index in [0.717, 1.165) is 0 Å². The number of amides is 2. The molecule has 0 atom stereocenters. The number of nitrogens with one attached hydrogen (secondary N) is 2. The Morgan fingerprint density at radius 2 is 1.74 bits per heavy atom. The first-order valence-electron chi connectivity index (χ1n) is 8.35. The van der Waals surface area contributed by atoms with Crippen LogP contribution in [0, 0.1) is 12.7 Å². The molecule has 2 aromatic carbocycles. The molecular formula is C20H18FN3O3. The topological polar surface area (TPSA) is 84.2 Å². The predicted molar refractivity (Wildman–Crippen MR) is 98.4 cm³/mol. The Balaban J connectivity index is 1.55. The van der Waals surface area contributed by atoms with E-state index in [1.807, 2.05) is 6.07 Å². The Morgan fingerprint density at radius 1 is 1.04 bits per heavy atom. The van der Waals surface area contributed by atoms with E-state index in [1.165, 1.54) is 12.1 Å². The summed E-state index contributed by atoms with van der Waals surface area (Å²) in [5.41, 5.74) is 1.75. The molecule has 0 aliphatic rings. The number of anilines is 1. The van der Waals surface area contributed by atoms with Crippen molar-refractivity contribution in [2.45, 2.75) is 13.3 Å². The molecule has 7 heteroatoms. The summed E-state index contributed by atoms with van der Waals surface area (Å²) in [4.78, 5) is 28.2. The Bertz CT molecular complexity index is 937. The lowest BCUT2D eigenvalue weighted by Crippen LogP contribution is -2.33. The van der Waals surface area contributed by atoms with Crippen molar-refractivity contribution in [1.82, 2.24) is 10.3 Å². The first-order valence-corrected chi connectivity index (χ1v) is 8.35. The Labute approximate surface area is 155 Å². The second kappa shape index (κ2) is 8.27. The van der Waals surface area contributed by atoms with Crippen LogP contribution in [0.25, 0.3) is 11.5 Å². The van der Waals surface area contributed by atoms with Gasteiger partial charge < -0.3 is 15.1 Å². The Morgan fingerprint density at radius 3 is 2.44 bits per heavy atom. The van der Waals surface area contributed by atoms with Crippen molar-refractivity contribution in [2.75, 3.05) is 11.9 Å². The summed E-state index contributed by atoms with van der Waals surface area (Å²) >= 11 is 0. The van der Waals surface area contributed by atoms with Gasteiger partial charge in [0.15, 0.2) is 0 Å². The molecule has 0 spiro atoms. The summed E-state index contributed by atoms with van der Waals surface area (Å²) < 4.78 is 18.6. The van der Waals surface area contributed by atoms with E-state index in [2.05, 4.69) is 15.6 Å². The van der Waals surface area contributed by atoms with Crippen LogP contribution in [-0.2, 0) is 16.0 Å². The summed E-state index contributed by atoms with van der Waals surface area (Å²) in [6.45, 7) is 1.56. The van der Waals surface area contributed by atoms with Crippen molar-refractivity contribution in [3.63, 3.8) is 0 Å². The molecule has 27 heavy (non-hydrogen) atoms. The molecule has 0 aliphatic heterocycles. The van der Waals surface area contributed by atoms with Gasteiger partial charge in [-0.2, -0.15) is 0 Å². The van der Waals surface area contributed by atoms with Gasteiger partial charge in [-0.25, -0.2) is 9.37 Å². The van der Waals surface area contributed by atoms with Crippen LogP contribution in [-0.4, -0.2) is 23.3 Å². The molecule has 0 bridgehead atoms. The van der Waals surface area contributed by atoms with Gasteiger partial charge in [-0.3, -0.25) is 9.59 Å². The fraction of sp³-hybridized carbons (Fsp3) is 0.150. The Hall–Kier alpha value is -3.48. The van der Waals surface area contributed by atoms with Gasteiger partial charge in [0, 0.05) is 11.3 Å². The molecule has 0 fully saturated rings. The summed E-state index contributed by atoms with van der Waals surface area (Å²) in [6, 6.07) is 14.7. The second-order valence-electron chi connectivity index (χ2n) is 5.90. The third-order valence-electron chi connectivity index (χ3n) is 3.82. The minimum Gasteiger partial charge on any atom is -0.441 e. The molecule has 0 saturated carbocycles. The number of aryl methyl sites for hydroxylation is 1. The van der Waals surface area contributed by atoms with Crippen molar-refractivity contribution in [3.05, 3.63) is 71.9 Å². The summed E-state index contributed by atoms with van der Waals surface area (Å²) in [5.74, 6) is -0.204. The molecule has 3 aromatic rings. The lowest BCUT2D eigenvalue weighted by atomic mass is 10.2. The molecular weight excluding hydrogens is 349 g/mol. The van der Waals surface area contributed by atoms with Crippen LogP contribution >= 0.6 is 0 Å². The molecule has 138 valence electrons. The molecule has 0 unspecified atom stereocenters. The molecule has 1 aromatic heterocycles. The number of oxazole rings is 1. The third kappa shape index (κ3) is 5.01. The van der Waals surface area contributed by atoms with E-state index in [-0.39, 0.29) is 30.6 Å². The van der Waals surface area contributed by atoms with Gasteiger partial charge in [0.05, 0.1) is 18.7 Å². The standard InChI is InChI=1S/C20H18FN3O3/c1-13-17(24-20(27-13)14-7-9-15(21)10-8-14)11-18(25)22-12-19(26)23-16-5-3-2-4-6-16/h2-10H,11-12H2,1H3,(H,22,25)(H,23,26). The van der Waals surface area contributed by atoms with Crippen LogP contribution in [0.3, 0.4) is 0 Å². The first kappa shape index (κ1) is 18.3. The molecule has 0 aliphatic carbocycles. The fourth-order valence-electron chi connectivity index (χ4n) is 2.43. The number of hydrogen-bond acceptors (Lipinski definition) is 4. The maximum absolute atomic E-state index is 13.0. The number of nitrogens with zero attached hydrogens (tertiary/aromatic N) is 1. The van der Waals surface area contributed by atoms with Crippen LogP contribution in [0.5, 0.6) is 0 Å². The van der Waals surface area contributed by atoms with Gasteiger partial charge in [0.1, 0.15) is 11.6 Å². The summed E-state index contributed by atoms with van der Waals surface area (Å²) in [7, 11) is 0. The zero-order valence-corrected chi connectivity index (χ0v) is 14.7. The highest BCUT2D eigenvalue weighted by atomic mass is 19.1. The largest absolute Gasteiger partial charge is 0.441 e. The van der Waals surface area contributed by atoms with E-state index >= 15 is 0 Å². The highest BCUT2D eigenvalue weighted by Gasteiger charge is 2.15. The van der Waals surface area contributed by atoms with Crippen molar-refractivity contribution < 1.29 is 18.4 Å². The predicted octanol–water partition coefficient (Wildman–Crippen LogP) is 3.09. The molecule has 0 saturated heterocycles. The lowest BCUT2D eigenvalue weighted by Gasteiger charge is -2.06. The number of aromatic nitrogens is 1. The number of benzene rings is 2. The number of hydrogen-bond donors (Lipinski definition) is 2. The maximum atomic E-state index is 13.0. The van der Waals surface area contributed by atoms with Gasteiger partial charge in [0.2, 0.25) is 17.7 Å². The molecule has 1 heterocycles. The second-order valence-corrected chi connectivity index (χ2v) is 5.90. The monoisotopic (exact) mass is 367 g/mol. The van der Waals surface area contributed by atoms with Crippen molar-refractivity contribution >= 4 is 17.5 Å². The smallest absolute Gasteiger partial charge is 0.243 e. The number of carbonyl (C=O) groups excluding carboxylic acids is 2. The van der Waals surface area contributed by atoms with E-state index in [1.54, 1.807) is 43.3 Å². The number of rotatable bonds is 6. The van der Waals surface area contributed by atoms with Crippen molar-refractivity contribution in [3.8, 4) is 11.5 Å². The molecule has 6 nitrogen and oxygen atoms in total. The van der Waals surface area contributed by atoms with Gasteiger partial charge in [-0.1, -0.05) is 18.2 Å². The SMILES string of the molecule is Cc1oc(-c2ccc(F)cc2)nc1CC(=O)NCC(=O)Nc1ccccc1. The normalized spacial score (nSPS) is 10.4. The van der Waals surface area contributed by atoms with Gasteiger partial charge in [-0.05, 0) is 43.3 Å². The van der Waals surface area contributed by atoms with Crippen LogP contribution in [0.15, 0.2) is 59.0 Å². The Kier molecular flexibility index (Phi) is 5.61. The minimum absolute atomic E-state index is 0.0187. The van der Waals surface area contributed by atoms with E-state index in [0.29, 0.717) is 28.6 Å². The number of halogens is 1. The van der Waals surface area contributed by atoms with Crippen LogP contribution in [0.2, 0.25) is 0 Å². The molecule has 2 amide bonds. The zero-order valence-electron chi connectivity index (χ0n) is 14.7.